The number of hydrogen-bond acceptors (Lipinski definition) is 7. The number of nitrogens with one attached hydrogen (secondary N) is 1. The van der Waals surface area contributed by atoms with Crippen molar-refractivity contribution in [3.8, 4) is 17.1 Å². The van der Waals surface area contributed by atoms with E-state index in [1.807, 2.05) is 65.4 Å². The van der Waals surface area contributed by atoms with Crippen LogP contribution in [0.1, 0.15) is 10.4 Å². The van der Waals surface area contributed by atoms with Gasteiger partial charge in [-0.1, -0.05) is 35.5 Å². The molecule has 30 heavy (non-hydrogen) atoms. The summed E-state index contributed by atoms with van der Waals surface area (Å²) in [7, 11) is 0. The number of aryl methyl sites for hydroxylation is 1. The summed E-state index contributed by atoms with van der Waals surface area (Å²) >= 11 is 2.86. The van der Waals surface area contributed by atoms with Crippen molar-refractivity contribution in [2.45, 2.75) is 12.1 Å². The van der Waals surface area contributed by atoms with Crippen LogP contribution in [0.5, 0.6) is 0 Å². The number of pyridine rings is 1. The predicted molar refractivity (Wildman–Crippen MR) is 120 cm³/mol. The Balaban J connectivity index is 1.53. The van der Waals surface area contributed by atoms with Crippen LogP contribution in [0.2, 0.25) is 0 Å². The van der Waals surface area contributed by atoms with Crippen molar-refractivity contribution >= 4 is 35.2 Å². The third-order valence-corrected chi connectivity index (χ3v) is 5.86. The quantitative estimate of drug-likeness (QED) is 0.271. The second kappa shape index (κ2) is 9.47. The molecule has 0 spiro atoms. The molecule has 0 radical (unpaired) electrons. The number of amides is 1. The molecule has 1 amide bonds. The first-order chi connectivity index (χ1) is 14.7. The smallest absolute Gasteiger partial charge is 0.250 e. The van der Waals surface area contributed by atoms with Crippen LogP contribution in [0, 0.1) is 6.92 Å². The second-order valence-corrected chi connectivity index (χ2v) is 8.23. The van der Waals surface area contributed by atoms with Gasteiger partial charge in [0.1, 0.15) is 0 Å². The summed E-state index contributed by atoms with van der Waals surface area (Å²) < 4.78 is 1.95. The maximum Gasteiger partial charge on any atom is 0.250 e. The van der Waals surface area contributed by atoms with Crippen LogP contribution in [-0.2, 0) is 4.79 Å². The minimum Gasteiger partial charge on any atom is -0.272 e. The average molecular weight is 435 g/mol. The lowest BCUT2D eigenvalue weighted by atomic mass is 10.2. The van der Waals surface area contributed by atoms with Crippen molar-refractivity contribution in [2.75, 3.05) is 5.75 Å². The maximum atomic E-state index is 12.2. The minimum absolute atomic E-state index is 0.169. The first kappa shape index (κ1) is 20.0. The van der Waals surface area contributed by atoms with Gasteiger partial charge in [0.15, 0.2) is 11.0 Å². The molecule has 0 aliphatic rings. The van der Waals surface area contributed by atoms with Crippen molar-refractivity contribution in [3.05, 3.63) is 76.7 Å². The van der Waals surface area contributed by atoms with Gasteiger partial charge in [0.05, 0.1) is 12.0 Å². The Morgan fingerprint density at radius 3 is 2.70 bits per heavy atom. The van der Waals surface area contributed by atoms with Crippen LogP contribution in [0.15, 0.2) is 76.6 Å². The molecule has 0 fully saturated rings. The van der Waals surface area contributed by atoms with E-state index in [4.69, 9.17) is 0 Å². The van der Waals surface area contributed by atoms with E-state index in [1.54, 1.807) is 29.9 Å². The highest BCUT2D eigenvalue weighted by atomic mass is 32.2. The van der Waals surface area contributed by atoms with Crippen LogP contribution in [0.4, 0.5) is 0 Å². The van der Waals surface area contributed by atoms with Gasteiger partial charge in [-0.05, 0) is 42.6 Å². The number of thiophene rings is 1. The summed E-state index contributed by atoms with van der Waals surface area (Å²) in [5, 5.41) is 15.3. The average Bonchev–Trinajstić information content (AvgIpc) is 3.43. The molecule has 150 valence electrons. The topological polar surface area (TPSA) is 85.1 Å². The van der Waals surface area contributed by atoms with Crippen LogP contribution in [0.25, 0.3) is 17.1 Å². The number of carbonyl (C=O) groups excluding carboxylic acids is 1. The molecule has 0 saturated heterocycles. The zero-order chi connectivity index (χ0) is 20.8. The van der Waals surface area contributed by atoms with Crippen molar-refractivity contribution < 1.29 is 4.79 Å². The number of carbonyl (C=O) groups is 1. The number of hydrogen-bond donors (Lipinski definition) is 1. The van der Waals surface area contributed by atoms with Gasteiger partial charge in [-0.2, -0.15) is 5.10 Å². The summed E-state index contributed by atoms with van der Waals surface area (Å²) in [6, 6.07) is 15.7. The molecule has 1 aromatic carbocycles. The fourth-order valence-corrected chi connectivity index (χ4v) is 4.00. The minimum atomic E-state index is -0.211. The number of hydrazone groups is 1. The zero-order valence-corrected chi connectivity index (χ0v) is 17.7. The Morgan fingerprint density at radius 2 is 1.97 bits per heavy atom. The molecule has 0 atom stereocenters. The summed E-state index contributed by atoms with van der Waals surface area (Å²) in [6.45, 7) is 2.04. The number of nitrogens with zero attached hydrogens (tertiary/aromatic N) is 5. The fourth-order valence-electron chi connectivity index (χ4n) is 2.67. The lowest BCUT2D eigenvalue weighted by Gasteiger charge is -2.10. The standard InChI is InChI=1S/C21H18N6OS2/c1-15-4-6-17(7-5-15)27-20(16-8-10-22-11-9-16)25-26-21(27)30-14-19(28)24-23-13-18-3-2-12-29-18/h2-13H,14H2,1H3,(H,24,28)/b23-13+. The highest BCUT2D eigenvalue weighted by Gasteiger charge is 2.17. The molecule has 0 aliphatic carbocycles. The molecule has 4 rings (SSSR count). The Hall–Kier alpha value is -3.30. The molecule has 7 nitrogen and oxygen atoms in total. The van der Waals surface area contributed by atoms with E-state index in [9.17, 15) is 4.79 Å². The third-order valence-electron chi connectivity index (χ3n) is 4.12. The van der Waals surface area contributed by atoms with E-state index in [-0.39, 0.29) is 11.7 Å². The summed E-state index contributed by atoms with van der Waals surface area (Å²) in [5.74, 6) is 0.652. The molecule has 0 unspecified atom stereocenters. The van der Waals surface area contributed by atoms with E-state index >= 15 is 0 Å². The van der Waals surface area contributed by atoms with E-state index in [2.05, 4.69) is 25.7 Å². The summed E-state index contributed by atoms with van der Waals surface area (Å²) in [4.78, 5) is 17.3. The molecular formula is C21H18N6OS2. The van der Waals surface area contributed by atoms with E-state index in [1.165, 1.54) is 11.8 Å². The van der Waals surface area contributed by atoms with Gasteiger partial charge in [-0.25, -0.2) is 5.43 Å². The lowest BCUT2D eigenvalue weighted by molar-refractivity contribution is -0.118. The van der Waals surface area contributed by atoms with Crippen molar-refractivity contribution in [1.29, 1.82) is 0 Å². The fraction of sp³-hybridized carbons (Fsp3) is 0.0952. The van der Waals surface area contributed by atoms with Crippen molar-refractivity contribution in [3.63, 3.8) is 0 Å². The molecule has 3 heterocycles. The molecule has 0 aliphatic heterocycles. The molecule has 9 heteroatoms. The SMILES string of the molecule is Cc1ccc(-n2c(SCC(=O)N/N=C/c3cccs3)nnc2-c2ccncc2)cc1. The van der Waals surface area contributed by atoms with Crippen LogP contribution in [0.3, 0.4) is 0 Å². The Kier molecular flexibility index (Phi) is 6.31. The van der Waals surface area contributed by atoms with Gasteiger partial charge in [0.2, 0.25) is 0 Å². The molecule has 0 bridgehead atoms. The first-order valence-electron chi connectivity index (χ1n) is 9.12. The molecule has 1 N–H and O–H groups in total. The predicted octanol–water partition coefficient (Wildman–Crippen LogP) is 3.94. The number of thioether (sulfide) groups is 1. The van der Waals surface area contributed by atoms with E-state index in [0.717, 1.165) is 21.7 Å². The molecular weight excluding hydrogens is 416 g/mol. The number of benzene rings is 1. The Labute approximate surface area is 181 Å². The second-order valence-electron chi connectivity index (χ2n) is 6.31. The third kappa shape index (κ3) is 4.81. The molecule has 3 aromatic heterocycles. The van der Waals surface area contributed by atoms with Gasteiger partial charge in [-0.3, -0.25) is 14.3 Å². The summed E-state index contributed by atoms with van der Waals surface area (Å²) in [5.41, 5.74) is 5.53. The van der Waals surface area contributed by atoms with Gasteiger partial charge in [0, 0.05) is 28.5 Å². The van der Waals surface area contributed by atoms with Gasteiger partial charge in [-0.15, -0.1) is 21.5 Å². The Bertz CT molecular complexity index is 1140. The van der Waals surface area contributed by atoms with Crippen LogP contribution >= 0.6 is 23.1 Å². The number of aromatic nitrogens is 4. The van der Waals surface area contributed by atoms with Gasteiger partial charge in [0.25, 0.3) is 5.91 Å². The van der Waals surface area contributed by atoms with E-state index < -0.39 is 0 Å². The lowest BCUT2D eigenvalue weighted by Crippen LogP contribution is -2.19. The zero-order valence-electron chi connectivity index (χ0n) is 16.1. The van der Waals surface area contributed by atoms with E-state index in [0.29, 0.717) is 11.0 Å². The first-order valence-corrected chi connectivity index (χ1v) is 11.0. The largest absolute Gasteiger partial charge is 0.272 e. The normalized spacial score (nSPS) is 11.1. The van der Waals surface area contributed by atoms with Crippen molar-refractivity contribution in [1.82, 2.24) is 25.2 Å². The van der Waals surface area contributed by atoms with Crippen molar-refractivity contribution in [2.24, 2.45) is 5.10 Å². The Morgan fingerprint density at radius 1 is 1.17 bits per heavy atom. The van der Waals surface area contributed by atoms with Gasteiger partial charge < -0.3 is 0 Å². The number of rotatable bonds is 7. The molecule has 0 saturated carbocycles. The summed E-state index contributed by atoms with van der Waals surface area (Å²) in [6.07, 6.45) is 5.06. The molecule has 4 aromatic rings. The highest BCUT2D eigenvalue weighted by Crippen LogP contribution is 2.27. The maximum absolute atomic E-state index is 12.2. The monoisotopic (exact) mass is 434 g/mol. The van der Waals surface area contributed by atoms with Crippen LogP contribution < -0.4 is 5.43 Å². The van der Waals surface area contributed by atoms with Gasteiger partial charge >= 0.3 is 0 Å². The van der Waals surface area contributed by atoms with Crippen LogP contribution in [-0.4, -0.2) is 37.6 Å². The highest BCUT2D eigenvalue weighted by molar-refractivity contribution is 7.99.